The van der Waals surface area contributed by atoms with Crippen LogP contribution in [0, 0.1) is 0 Å². The molecule has 0 spiro atoms. The molecule has 0 unspecified atom stereocenters. The number of fused-ring (bicyclic) bond motifs is 1. The number of anilines is 1. The largest absolute Gasteiger partial charge is 0.368 e. The van der Waals surface area contributed by atoms with Crippen LogP contribution in [-0.4, -0.2) is 37.9 Å². The number of nitrogens with one attached hydrogen (secondary N) is 1. The van der Waals surface area contributed by atoms with E-state index in [2.05, 4.69) is 30.4 Å². The Morgan fingerprint density at radius 3 is 2.85 bits per heavy atom. The second-order valence-electron chi connectivity index (χ2n) is 5.25. The second-order valence-corrected chi connectivity index (χ2v) is 7.74. The van der Waals surface area contributed by atoms with Gasteiger partial charge in [0.15, 0.2) is 9.99 Å². The highest BCUT2D eigenvalue weighted by Crippen LogP contribution is 2.30. The summed E-state index contributed by atoms with van der Waals surface area (Å²) in [5.41, 5.74) is 1.57. The van der Waals surface area contributed by atoms with Gasteiger partial charge in [-0.2, -0.15) is 4.98 Å². The number of halogens is 1. The molecule has 0 amide bonds. The first-order valence-corrected chi connectivity index (χ1v) is 10.1. The molecular formula is C16H13ClN6OS2. The van der Waals surface area contributed by atoms with Crippen LogP contribution in [0.4, 0.5) is 5.82 Å². The van der Waals surface area contributed by atoms with Crippen molar-refractivity contribution >= 4 is 50.9 Å². The van der Waals surface area contributed by atoms with E-state index < -0.39 is 0 Å². The lowest BCUT2D eigenvalue weighted by molar-refractivity contribution is 0.381. The Balaban J connectivity index is 1.42. The molecule has 1 aromatic carbocycles. The van der Waals surface area contributed by atoms with Crippen molar-refractivity contribution in [2.24, 2.45) is 0 Å². The average Bonchev–Trinajstić information content (AvgIpc) is 3.29. The minimum Gasteiger partial charge on any atom is -0.368 e. The van der Waals surface area contributed by atoms with Gasteiger partial charge in [0.25, 0.3) is 0 Å². The van der Waals surface area contributed by atoms with Gasteiger partial charge in [-0.15, -0.1) is 11.3 Å². The van der Waals surface area contributed by atoms with Crippen molar-refractivity contribution in [1.82, 2.24) is 25.1 Å². The van der Waals surface area contributed by atoms with Gasteiger partial charge in [-0.3, -0.25) is 0 Å². The fraction of sp³-hybridized carbons (Fsp3) is 0.188. The van der Waals surface area contributed by atoms with E-state index in [0.717, 1.165) is 20.4 Å². The predicted molar refractivity (Wildman–Crippen MR) is 104 cm³/mol. The van der Waals surface area contributed by atoms with Crippen molar-refractivity contribution in [3.05, 3.63) is 41.5 Å². The molecule has 4 aromatic rings. The van der Waals surface area contributed by atoms with E-state index >= 15 is 0 Å². The fourth-order valence-corrected chi connectivity index (χ4v) is 3.91. The van der Waals surface area contributed by atoms with Crippen LogP contribution in [0.3, 0.4) is 0 Å². The van der Waals surface area contributed by atoms with Crippen LogP contribution >= 0.6 is 34.7 Å². The number of benzene rings is 1. The molecule has 1 N–H and O–H groups in total. The third kappa shape index (κ3) is 3.64. The smallest absolute Gasteiger partial charge is 0.228 e. The minimum absolute atomic E-state index is 0.549. The Bertz CT molecular complexity index is 1030. The first kappa shape index (κ1) is 17.2. The molecule has 0 atom stereocenters. The molecule has 7 nitrogen and oxygen atoms in total. The molecule has 0 saturated carbocycles. The number of nitrogens with zero attached hydrogens (tertiary/aromatic N) is 5. The normalized spacial score (nSPS) is 11.2. The molecule has 0 bridgehead atoms. The molecule has 3 heterocycles. The summed E-state index contributed by atoms with van der Waals surface area (Å²) in [6.45, 7) is 0.612. The maximum absolute atomic E-state index is 5.90. The van der Waals surface area contributed by atoms with E-state index in [1.165, 1.54) is 6.33 Å². The molecule has 10 heteroatoms. The summed E-state index contributed by atoms with van der Waals surface area (Å²) in [7, 11) is 0. The van der Waals surface area contributed by atoms with Gasteiger partial charge in [0.2, 0.25) is 11.7 Å². The Labute approximate surface area is 162 Å². The third-order valence-corrected chi connectivity index (χ3v) is 5.84. The van der Waals surface area contributed by atoms with Crippen molar-refractivity contribution in [3.8, 4) is 11.4 Å². The van der Waals surface area contributed by atoms with E-state index in [4.69, 9.17) is 16.1 Å². The van der Waals surface area contributed by atoms with Gasteiger partial charge in [-0.05, 0) is 30.5 Å². The Morgan fingerprint density at radius 1 is 1.19 bits per heavy atom. The van der Waals surface area contributed by atoms with Gasteiger partial charge in [-0.1, -0.05) is 28.5 Å². The minimum atomic E-state index is 0.549. The molecule has 3 aromatic heterocycles. The zero-order chi connectivity index (χ0) is 17.9. The number of thiazole rings is 1. The molecule has 132 valence electrons. The lowest BCUT2D eigenvalue weighted by Crippen LogP contribution is -2.06. The SMILES string of the molecule is CSc1nc2ncnc(NCCc3nc(-c4ccc(Cl)cc4)no3)c2s1. The van der Waals surface area contributed by atoms with Crippen LogP contribution in [0.2, 0.25) is 5.02 Å². The number of hydrogen-bond donors (Lipinski definition) is 1. The van der Waals surface area contributed by atoms with E-state index in [1.807, 2.05) is 18.4 Å². The molecule has 0 fully saturated rings. The molecule has 0 aliphatic rings. The topological polar surface area (TPSA) is 89.6 Å². The Morgan fingerprint density at radius 2 is 2.04 bits per heavy atom. The Hall–Kier alpha value is -2.23. The van der Waals surface area contributed by atoms with Crippen molar-refractivity contribution in [1.29, 1.82) is 0 Å². The zero-order valence-corrected chi connectivity index (χ0v) is 16.0. The number of hydrogen-bond acceptors (Lipinski definition) is 9. The number of aromatic nitrogens is 5. The van der Waals surface area contributed by atoms with Crippen LogP contribution in [0.1, 0.15) is 5.89 Å². The molecular weight excluding hydrogens is 392 g/mol. The van der Waals surface area contributed by atoms with E-state index in [-0.39, 0.29) is 0 Å². The number of thioether (sulfide) groups is 1. The first-order valence-electron chi connectivity index (χ1n) is 7.71. The first-order chi connectivity index (χ1) is 12.7. The second kappa shape index (κ2) is 7.56. The third-order valence-electron chi connectivity index (χ3n) is 3.55. The summed E-state index contributed by atoms with van der Waals surface area (Å²) in [4.78, 5) is 17.4. The quantitative estimate of drug-likeness (QED) is 0.479. The average molecular weight is 405 g/mol. The van der Waals surface area contributed by atoms with E-state index in [1.54, 1.807) is 35.2 Å². The van der Waals surface area contributed by atoms with E-state index in [9.17, 15) is 0 Å². The van der Waals surface area contributed by atoms with Crippen molar-refractivity contribution < 1.29 is 4.52 Å². The predicted octanol–water partition coefficient (Wildman–Crippen LogP) is 4.17. The van der Waals surface area contributed by atoms with Gasteiger partial charge in [0.05, 0.1) is 0 Å². The van der Waals surface area contributed by atoms with Crippen LogP contribution < -0.4 is 5.32 Å². The van der Waals surface area contributed by atoms with Crippen LogP contribution in [-0.2, 0) is 6.42 Å². The van der Waals surface area contributed by atoms with Gasteiger partial charge < -0.3 is 9.84 Å². The molecule has 0 aliphatic heterocycles. The lowest BCUT2D eigenvalue weighted by atomic mass is 10.2. The monoisotopic (exact) mass is 404 g/mol. The van der Waals surface area contributed by atoms with Crippen LogP contribution in [0.15, 0.2) is 39.5 Å². The summed E-state index contributed by atoms with van der Waals surface area (Å²) in [6.07, 6.45) is 4.09. The summed E-state index contributed by atoms with van der Waals surface area (Å²) in [5, 5.41) is 7.98. The van der Waals surface area contributed by atoms with Gasteiger partial charge >= 0.3 is 0 Å². The maximum Gasteiger partial charge on any atom is 0.228 e. The summed E-state index contributed by atoms with van der Waals surface area (Å²) >= 11 is 9.07. The van der Waals surface area contributed by atoms with Gasteiger partial charge in [0.1, 0.15) is 16.8 Å². The summed E-state index contributed by atoms with van der Waals surface area (Å²) in [6, 6.07) is 7.32. The lowest BCUT2D eigenvalue weighted by Gasteiger charge is -2.03. The maximum atomic E-state index is 5.90. The highest BCUT2D eigenvalue weighted by molar-refractivity contribution is 8.00. The van der Waals surface area contributed by atoms with Gasteiger partial charge in [0, 0.05) is 23.6 Å². The van der Waals surface area contributed by atoms with Crippen molar-refractivity contribution in [3.63, 3.8) is 0 Å². The van der Waals surface area contributed by atoms with Crippen LogP contribution in [0.25, 0.3) is 21.7 Å². The summed E-state index contributed by atoms with van der Waals surface area (Å²) < 4.78 is 7.23. The molecule has 0 aliphatic carbocycles. The van der Waals surface area contributed by atoms with Crippen LogP contribution in [0.5, 0.6) is 0 Å². The fourth-order valence-electron chi connectivity index (χ4n) is 2.31. The van der Waals surface area contributed by atoms with E-state index in [0.29, 0.717) is 35.4 Å². The summed E-state index contributed by atoms with van der Waals surface area (Å²) in [5.74, 6) is 1.88. The molecule has 26 heavy (non-hydrogen) atoms. The zero-order valence-electron chi connectivity index (χ0n) is 13.6. The van der Waals surface area contributed by atoms with Crippen molar-refractivity contribution in [2.45, 2.75) is 10.8 Å². The Kier molecular flexibility index (Phi) is 5.00. The highest BCUT2D eigenvalue weighted by atomic mass is 35.5. The number of rotatable bonds is 6. The molecule has 4 rings (SSSR count). The standard InChI is InChI=1S/C16H13ClN6OS2/c1-25-16-22-15-12(26-16)14(19-8-20-15)18-7-6-11-21-13(23-24-11)9-2-4-10(17)5-3-9/h2-5,8H,6-7H2,1H3,(H,18,19,20). The van der Waals surface area contributed by atoms with Gasteiger partial charge in [-0.25, -0.2) is 15.0 Å². The van der Waals surface area contributed by atoms with Crippen molar-refractivity contribution in [2.75, 3.05) is 18.1 Å². The molecule has 0 saturated heterocycles. The molecule has 0 radical (unpaired) electrons. The highest BCUT2D eigenvalue weighted by Gasteiger charge is 2.11.